The number of carboxylic acid groups (broad SMARTS) is 1. The summed E-state index contributed by atoms with van der Waals surface area (Å²) in [5, 5.41) is 13.2. The van der Waals surface area contributed by atoms with Crippen LogP contribution >= 0.6 is 23.4 Å². The second-order valence-corrected chi connectivity index (χ2v) is 16.1. The first-order valence-electron chi connectivity index (χ1n) is 18.4. The Balaban J connectivity index is 0.968. The average molecular weight is 760 g/mol. The fourth-order valence-electron chi connectivity index (χ4n) is 9.30. The van der Waals surface area contributed by atoms with Crippen molar-refractivity contribution >= 4 is 52.5 Å². The van der Waals surface area contributed by atoms with Crippen molar-refractivity contribution in [3.8, 4) is 11.1 Å². The topological polar surface area (TPSA) is 129 Å². The minimum Gasteiger partial charge on any atom is -0.481 e. The first-order chi connectivity index (χ1) is 25.4. The highest BCUT2D eigenvalue weighted by Crippen LogP contribution is 2.62. The Bertz CT molecular complexity index is 2130. The molecule has 0 saturated heterocycles. The molecule has 0 spiro atoms. The van der Waals surface area contributed by atoms with Crippen molar-refractivity contribution in [1.82, 2.24) is 28.9 Å². The summed E-state index contributed by atoms with van der Waals surface area (Å²) in [6.07, 6.45) is 5.75. The zero-order valence-corrected chi connectivity index (χ0v) is 31.8. The number of anilines is 2. The van der Waals surface area contributed by atoms with E-state index in [0.717, 1.165) is 105 Å². The van der Waals surface area contributed by atoms with Gasteiger partial charge in [0.25, 0.3) is 5.91 Å². The summed E-state index contributed by atoms with van der Waals surface area (Å²) in [6, 6.07) is 12.6. The Kier molecular flexibility index (Phi) is 9.16. The van der Waals surface area contributed by atoms with E-state index in [4.69, 9.17) is 28.4 Å². The predicted octanol–water partition coefficient (Wildman–Crippen LogP) is 6.30. The Hall–Kier alpha value is -4.23. The molecule has 2 aromatic heterocycles. The van der Waals surface area contributed by atoms with Gasteiger partial charge in [0.15, 0.2) is 5.82 Å². The minimum atomic E-state index is -0.648. The Morgan fingerprint density at radius 2 is 1.55 bits per heavy atom. The van der Waals surface area contributed by atoms with E-state index in [0.29, 0.717) is 39.9 Å². The number of aliphatic carboxylic acids is 1. The number of nitrogens with zero attached hydrogens (tertiary/aromatic N) is 7. The quantitative estimate of drug-likeness (QED) is 0.191. The molecule has 2 N–H and O–H groups in total. The molecule has 2 amide bonds. The molecule has 2 bridgehead atoms. The standard InChI is InChI=1S/C39H44Cl2N8O4/c1-4-47-17-11-30-28(20-47)42-33(45(30)2)35(50)44-27-10-6-9-26(32(27)40)24-7-5-8-25(19-24)49(41)36(51)34-43-29-21-48(18-12-31(29)46(34)3)23-38-13-15-39(22-38,16-14-38)37(52)53/h5-10,19H,4,11-18,20-23H2,1-3H3,(H,44,50)(H,52,53). The third-order valence-electron chi connectivity index (χ3n) is 12.3. The number of carbonyl (C=O) groups excluding carboxylic acids is 2. The van der Waals surface area contributed by atoms with E-state index in [1.165, 1.54) is 0 Å². The number of rotatable bonds is 9. The van der Waals surface area contributed by atoms with Crippen LogP contribution in [0.2, 0.25) is 5.02 Å². The second kappa shape index (κ2) is 13.6. The molecule has 0 unspecified atom stereocenters. The number of halogens is 2. The molecule has 4 aromatic rings. The zero-order valence-electron chi connectivity index (χ0n) is 30.3. The first kappa shape index (κ1) is 35.8. The van der Waals surface area contributed by atoms with E-state index in [1.54, 1.807) is 24.3 Å². The van der Waals surface area contributed by atoms with Crippen LogP contribution in [0.3, 0.4) is 0 Å². The van der Waals surface area contributed by atoms with Gasteiger partial charge < -0.3 is 19.6 Å². The average Bonchev–Trinajstić information content (AvgIpc) is 3.91. The molecule has 2 saturated carbocycles. The van der Waals surface area contributed by atoms with Crippen LogP contribution in [0.15, 0.2) is 42.5 Å². The van der Waals surface area contributed by atoms with Crippen molar-refractivity contribution in [3.63, 3.8) is 0 Å². The van der Waals surface area contributed by atoms with Gasteiger partial charge in [-0.2, -0.15) is 0 Å². The van der Waals surface area contributed by atoms with Gasteiger partial charge >= 0.3 is 11.9 Å². The Morgan fingerprint density at radius 1 is 0.906 bits per heavy atom. The van der Waals surface area contributed by atoms with E-state index < -0.39 is 17.3 Å². The van der Waals surface area contributed by atoms with Crippen molar-refractivity contribution in [3.05, 3.63) is 81.9 Å². The number of aromatic nitrogens is 4. The Morgan fingerprint density at radius 3 is 2.23 bits per heavy atom. The SMILES string of the molecule is CCN1CCc2c(nc(C(=O)Nc3cccc(-c4cccc(N(Cl)C(=O)c5nc6c(n5C)CCN(CC57CCC(C(=O)O)(CC5)C7)C6)c4)c3Cl)n2C)C1. The first-order valence-corrected chi connectivity index (χ1v) is 19.1. The largest absolute Gasteiger partial charge is 0.481 e. The second-order valence-electron chi connectivity index (χ2n) is 15.4. The highest BCUT2D eigenvalue weighted by atomic mass is 35.5. The smallest absolute Gasteiger partial charge is 0.309 e. The van der Waals surface area contributed by atoms with E-state index in [9.17, 15) is 19.5 Å². The maximum Gasteiger partial charge on any atom is 0.309 e. The predicted molar refractivity (Wildman–Crippen MR) is 203 cm³/mol. The third kappa shape index (κ3) is 6.23. The summed E-state index contributed by atoms with van der Waals surface area (Å²) in [7, 11) is 3.72. The van der Waals surface area contributed by atoms with Crippen molar-refractivity contribution in [2.24, 2.45) is 24.9 Å². The molecular formula is C39H44Cl2N8O4. The van der Waals surface area contributed by atoms with Crippen LogP contribution in [0.25, 0.3) is 11.1 Å². The molecule has 12 nitrogen and oxygen atoms in total. The van der Waals surface area contributed by atoms with E-state index in [-0.39, 0.29) is 17.1 Å². The number of likely N-dealkylation sites (N-methyl/N-ethyl adjacent to an activating group) is 1. The monoisotopic (exact) mass is 758 g/mol. The van der Waals surface area contributed by atoms with Crippen LogP contribution in [0, 0.1) is 10.8 Å². The molecule has 2 aliphatic heterocycles. The lowest BCUT2D eigenvalue weighted by atomic mass is 9.81. The molecule has 8 rings (SSSR count). The van der Waals surface area contributed by atoms with Crippen molar-refractivity contribution in [2.75, 3.05) is 35.9 Å². The van der Waals surface area contributed by atoms with Gasteiger partial charge in [0.2, 0.25) is 5.82 Å². The summed E-state index contributed by atoms with van der Waals surface area (Å²) in [6.45, 7) is 7.01. The molecule has 2 aromatic carbocycles. The normalized spacial score (nSPS) is 22.4. The third-order valence-corrected chi connectivity index (χ3v) is 13.1. The number of hydrogen-bond donors (Lipinski definition) is 2. The van der Waals surface area contributed by atoms with Crippen molar-refractivity contribution in [2.45, 2.75) is 65.0 Å². The van der Waals surface area contributed by atoms with Gasteiger partial charge in [0.05, 0.1) is 33.2 Å². The minimum absolute atomic E-state index is 0.0465. The van der Waals surface area contributed by atoms with Gasteiger partial charge in [-0.1, -0.05) is 42.8 Å². The molecule has 14 heteroatoms. The van der Waals surface area contributed by atoms with Gasteiger partial charge in [0.1, 0.15) is 0 Å². The number of fused-ring (bicyclic) bond motifs is 4. The molecule has 0 atom stereocenters. The summed E-state index contributed by atoms with van der Waals surface area (Å²) in [5.74, 6) is -0.845. The van der Waals surface area contributed by atoms with E-state index >= 15 is 0 Å². The van der Waals surface area contributed by atoms with Gasteiger partial charge in [-0.05, 0) is 67.8 Å². The number of nitrogens with one attached hydrogen (secondary N) is 1. The summed E-state index contributed by atoms with van der Waals surface area (Å²) in [5.41, 5.74) is 5.65. The lowest BCUT2D eigenvalue weighted by Gasteiger charge is -2.35. The van der Waals surface area contributed by atoms with Crippen molar-refractivity contribution < 1.29 is 19.5 Å². The van der Waals surface area contributed by atoms with Gasteiger partial charge in [-0.25, -0.2) is 14.4 Å². The number of carboxylic acids is 1. The molecule has 53 heavy (non-hydrogen) atoms. The zero-order chi connectivity index (χ0) is 37.2. The van der Waals surface area contributed by atoms with Crippen LogP contribution in [-0.2, 0) is 44.8 Å². The number of amides is 2. The summed E-state index contributed by atoms with van der Waals surface area (Å²) >= 11 is 13.7. The Labute approximate surface area is 318 Å². The fourth-order valence-corrected chi connectivity index (χ4v) is 9.77. The van der Waals surface area contributed by atoms with Gasteiger partial charge in [0, 0.05) is 88.4 Å². The van der Waals surface area contributed by atoms with E-state index in [2.05, 4.69) is 27.0 Å². The van der Waals surface area contributed by atoms with Gasteiger partial charge in [-0.3, -0.25) is 24.2 Å². The van der Waals surface area contributed by atoms with Crippen LogP contribution in [0.5, 0.6) is 0 Å². The maximum atomic E-state index is 13.9. The molecule has 278 valence electrons. The van der Waals surface area contributed by atoms with Crippen LogP contribution < -0.4 is 9.74 Å². The molecule has 2 aliphatic carbocycles. The number of carbonyl (C=O) groups is 3. The molecular weight excluding hydrogens is 715 g/mol. The highest BCUT2D eigenvalue weighted by Gasteiger charge is 2.58. The van der Waals surface area contributed by atoms with Crippen LogP contribution in [0.1, 0.15) is 83.0 Å². The van der Waals surface area contributed by atoms with Crippen molar-refractivity contribution in [1.29, 1.82) is 0 Å². The van der Waals surface area contributed by atoms with Crippen LogP contribution in [-0.4, -0.2) is 78.0 Å². The number of benzene rings is 2. The molecule has 4 heterocycles. The lowest BCUT2D eigenvalue weighted by Crippen LogP contribution is -2.39. The molecule has 2 fully saturated rings. The maximum absolute atomic E-state index is 13.9. The molecule has 0 radical (unpaired) electrons. The summed E-state index contributed by atoms with van der Waals surface area (Å²) in [4.78, 5) is 53.5. The van der Waals surface area contributed by atoms with Crippen LogP contribution in [0.4, 0.5) is 11.4 Å². The van der Waals surface area contributed by atoms with E-state index in [1.807, 2.05) is 41.4 Å². The molecule has 4 aliphatic rings. The highest BCUT2D eigenvalue weighted by molar-refractivity contribution is 6.39. The summed E-state index contributed by atoms with van der Waals surface area (Å²) < 4.78 is 4.79. The van der Waals surface area contributed by atoms with Gasteiger partial charge in [-0.15, -0.1) is 0 Å². The number of hydrogen-bond acceptors (Lipinski definition) is 7. The fraction of sp³-hybridized carbons (Fsp3) is 0.462. The number of imidazole rings is 2. The lowest BCUT2D eigenvalue weighted by molar-refractivity contribution is -0.148.